The van der Waals surface area contributed by atoms with Crippen molar-refractivity contribution in [3.8, 4) is 0 Å². The summed E-state index contributed by atoms with van der Waals surface area (Å²) in [5, 5.41) is 14.2. The summed E-state index contributed by atoms with van der Waals surface area (Å²) in [6.07, 6.45) is 12.2. The summed E-state index contributed by atoms with van der Waals surface area (Å²) in [5.74, 6) is 1.21. The van der Waals surface area contributed by atoms with Gasteiger partial charge in [-0.25, -0.2) is 0 Å². The predicted octanol–water partition coefficient (Wildman–Crippen LogP) is 4.55. The molecule has 31 heavy (non-hydrogen) atoms. The van der Waals surface area contributed by atoms with Crippen LogP contribution in [0.25, 0.3) is 0 Å². The van der Waals surface area contributed by atoms with Crippen LogP contribution in [0.5, 0.6) is 0 Å². The Morgan fingerprint density at radius 1 is 1.13 bits per heavy atom. The van der Waals surface area contributed by atoms with Crippen molar-refractivity contribution in [2.45, 2.75) is 91.3 Å². The summed E-state index contributed by atoms with van der Waals surface area (Å²) in [4.78, 5) is 13.6. The van der Waals surface area contributed by atoms with E-state index in [9.17, 15) is 9.90 Å². The van der Waals surface area contributed by atoms with Gasteiger partial charge in [-0.05, 0) is 93.2 Å². The molecule has 2 saturated carbocycles. The zero-order valence-electron chi connectivity index (χ0n) is 20.7. The quantitative estimate of drug-likeness (QED) is 0.646. The van der Waals surface area contributed by atoms with Gasteiger partial charge >= 0.3 is 0 Å². The number of hydrogen-bond donors (Lipinski definition) is 2. The number of carbonyl (C=O) groups is 1. The third-order valence-electron chi connectivity index (χ3n) is 10.5. The van der Waals surface area contributed by atoms with E-state index in [0.29, 0.717) is 17.9 Å². The maximum Gasteiger partial charge on any atom is 0.207 e. The lowest BCUT2D eigenvalue weighted by Gasteiger charge is -2.53. The van der Waals surface area contributed by atoms with E-state index in [1.165, 1.54) is 31.3 Å². The van der Waals surface area contributed by atoms with Gasteiger partial charge in [-0.15, -0.1) is 0 Å². The first-order valence-electron chi connectivity index (χ1n) is 12.4. The Hall–Kier alpha value is -1.13. The largest absolute Gasteiger partial charge is 0.393 e. The van der Waals surface area contributed by atoms with E-state index >= 15 is 0 Å². The molecule has 0 aromatic heterocycles. The van der Waals surface area contributed by atoms with Gasteiger partial charge in [-0.3, -0.25) is 4.79 Å². The maximum absolute atomic E-state index is 11.2. The van der Waals surface area contributed by atoms with Crippen molar-refractivity contribution in [2.75, 3.05) is 14.1 Å². The molecular formula is C27H44N2O2. The third-order valence-corrected chi connectivity index (χ3v) is 10.5. The highest BCUT2D eigenvalue weighted by molar-refractivity contribution is 5.47. The maximum atomic E-state index is 11.2. The van der Waals surface area contributed by atoms with Gasteiger partial charge in [0.2, 0.25) is 6.41 Å². The second-order valence-corrected chi connectivity index (χ2v) is 12.4. The molecule has 0 spiro atoms. The molecule has 2 unspecified atom stereocenters. The van der Waals surface area contributed by atoms with Crippen LogP contribution in [0.15, 0.2) is 23.3 Å². The molecule has 4 aliphatic rings. The standard InChI is InChI=1S/C27H44N2O2/c1-17(28-16-30)24-22(31)15-27(5)21-10-9-20-18(14-19(21)12-13-26(24,27)4)8-11-23(29(6)7)25(20,2)3/h12,14,16-17,20-24,31H,8-11,13,15H2,1-7H3,(H,28,30)/t17-,20?,21?,22+,23-,24-,26+,27-/m1/s1. The van der Waals surface area contributed by atoms with Crippen LogP contribution in [0.3, 0.4) is 0 Å². The number of aliphatic hydroxyl groups excluding tert-OH is 1. The number of nitrogens with one attached hydrogen (secondary N) is 1. The van der Waals surface area contributed by atoms with Crippen molar-refractivity contribution in [3.05, 3.63) is 23.3 Å². The van der Waals surface area contributed by atoms with Crippen LogP contribution in [-0.4, -0.2) is 48.7 Å². The number of carbonyl (C=O) groups excluding carboxylic acids is 1. The zero-order chi connectivity index (χ0) is 22.8. The second-order valence-electron chi connectivity index (χ2n) is 12.4. The Morgan fingerprint density at radius 3 is 2.45 bits per heavy atom. The van der Waals surface area contributed by atoms with E-state index in [2.05, 4.69) is 71.1 Å². The van der Waals surface area contributed by atoms with Crippen molar-refractivity contribution >= 4 is 6.41 Å². The van der Waals surface area contributed by atoms with Crippen LogP contribution < -0.4 is 5.32 Å². The van der Waals surface area contributed by atoms with Gasteiger partial charge in [0.15, 0.2) is 0 Å². The van der Waals surface area contributed by atoms with Gasteiger partial charge in [0, 0.05) is 18.0 Å². The lowest BCUT2D eigenvalue weighted by atomic mass is 9.51. The molecule has 4 rings (SSSR count). The van der Waals surface area contributed by atoms with Gasteiger partial charge in [0.25, 0.3) is 0 Å². The van der Waals surface area contributed by atoms with Crippen molar-refractivity contribution in [2.24, 2.45) is 34.0 Å². The van der Waals surface area contributed by atoms with Crippen LogP contribution in [-0.2, 0) is 4.79 Å². The predicted molar refractivity (Wildman–Crippen MR) is 126 cm³/mol. The molecule has 0 heterocycles. The van der Waals surface area contributed by atoms with Crippen LogP contribution >= 0.6 is 0 Å². The Balaban J connectivity index is 1.69. The molecule has 174 valence electrons. The number of amides is 1. The fourth-order valence-corrected chi connectivity index (χ4v) is 8.85. The topological polar surface area (TPSA) is 52.6 Å². The molecule has 4 aliphatic carbocycles. The Bertz CT molecular complexity index is 784. The van der Waals surface area contributed by atoms with Crippen molar-refractivity contribution in [1.29, 1.82) is 0 Å². The highest BCUT2D eigenvalue weighted by Crippen LogP contribution is 2.67. The molecule has 4 heteroatoms. The number of rotatable bonds is 4. The molecule has 8 atom stereocenters. The second kappa shape index (κ2) is 7.73. The fraction of sp³-hybridized carbons (Fsp3) is 0.815. The number of hydrogen-bond acceptors (Lipinski definition) is 3. The van der Waals surface area contributed by atoms with Crippen LogP contribution in [0.2, 0.25) is 0 Å². The first kappa shape index (κ1) is 23.0. The lowest BCUT2D eigenvalue weighted by molar-refractivity contribution is -0.111. The first-order valence-corrected chi connectivity index (χ1v) is 12.4. The van der Waals surface area contributed by atoms with E-state index < -0.39 is 0 Å². The monoisotopic (exact) mass is 428 g/mol. The highest BCUT2D eigenvalue weighted by Gasteiger charge is 2.64. The summed E-state index contributed by atoms with van der Waals surface area (Å²) in [6, 6.07) is 0.610. The Labute approximate surface area is 189 Å². The molecule has 1 amide bonds. The van der Waals surface area contributed by atoms with Crippen LogP contribution in [0.1, 0.15) is 73.1 Å². The number of allylic oxidation sites excluding steroid dienone is 4. The minimum atomic E-state index is -0.363. The molecule has 0 aromatic rings. The molecule has 4 nitrogen and oxygen atoms in total. The summed E-state index contributed by atoms with van der Waals surface area (Å²) < 4.78 is 0. The summed E-state index contributed by atoms with van der Waals surface area (Å²) in [7, 11) is 4.47. The number of aliphatic hydroxyl groups is 1. The van der Waals surface area contributed by atoms with Crippen LogP contribution in [0.4, 0.5) is 0 Å². The fourth-order valence-electron chi connectivity index (χ4n) is 8.85. The van der Waals surface area contributed by atoms with E-state index in [-0.39, 0.29) is 34.3 Å². The first-order chi connectivity index (χ1) is 14.5. The number of nitrogens with zero attached hydrogens (tertiary/aromatic N) is 1. The Kier molecular flexibility index (Phi) is 5.74. The number of fused-ring (bicyclic) bond motifs is 4. The van der Waals surface area contributed by atoms with Crippen molar-refractivity contribution < 1.29 is 9.90 Å². The van der Waals surface area contributed by atoms with Crippen LogP contribution in [0, 0.1) is 34.0 Å². The zero-order valence-corrected chi connectivity index (χ0v) is 20.7. The van der Waals surface area contributed by atoms with E-state index in [4.69, 9.17) is 0 Å². The molecule has 2 fully saturated rings. The molecule has 2 N–H and O–H groups in total. The Morgan fingerprint density at radius 2 is 1.81 bits per heavy atom. The summed E-state index contributed by atoms with van der Waals surface area (Å²) in [5.41, 5.74) is 3.50. The highest BCUT2D eigenvalue weighted by atomic mass is 16.3. The van der Waals surface area contributed by atoms with Crippen molar-refractivity contribution in [1.82, 2.24) is 10.2 Å². The summed E-state index contributed by atoms with van der Waals surface area (Å²) in [6.45, 7) is 11.8. The smallest absolute Gasteiger partial charge is 0.207 e. The average Bonchev–Trinajstić information content (AvgIpc) is 2.79. The van der Waals surface area contributed by atoms with Gasteiger partial charge in [0.05, 0.1) is 6.10 Å². The third kappa shape index (κ3) is 3.27. The van der Waals surface area contributed by atoms with E-state index in [0.717, 1.165) is 19.3 Å². The van der Waals surface area contributed by atoms with E-state index in [1.54, 1.807) is 5.57 Å². The van der Waals surface area contributed by atoms with Crippen molar-refractivity contribution in [3.63, 3.8) is 0 Å². The molecule has 0 saturated heterocycles. The SMILES string of the molecule is C[C@@H](NC=O)[C@@H]1[C@@H](O)C[C@]2(C)C3CCC4C(=CC3=CC[C@@]12C)CC[C@@H](N(C)C)C4(C)C. The molecule has 0 radical (unpaired) electrons. The molecule has 0 bridgehead atoms. The lowest BCUT2D eigenvalue weighted by Crippen LogP contribution is -2.50. The minimum absolute atomic E-state index is 0.00822. The summed E-state index contributed by atoms with van der Waals surface area (Å²) >= 11 is 0. The molecule has 0 aromatic carbocycles. The average molecular weight is 429 g/mol. The molecular weight excluding hydrogens is 384 g/mol. The minimum Gasteiger partial charge on any atom is -0.393 e. The van der Waals surface area contributed by atoms with Gasteiger partial charge in [-0.2, -0.15) is 0 Å². The van der Waals surface area contributed by atoms with Gasteiger partial charge in [0.1, 0.15) is 0 Å². The van der Waals surface area contributed by atoms with E-state index in [1.807, 2.05) is 0 Å². The van der Waals surface area contributed by atoms with Gasteiger partial charge in [-0.1, -0.05) is 45.4 Å². The van der Waals surface area contributed by atoms with Gasteiger partial charge < -0.3 is 15.3 Å². The normalized spacial score (nSPS) is 44.9. The molecule has 0 aliphatic heterocycles.